The van der Waals surface area contributed by atoms with Gasteiger partial charge in [-0.05, 0) is 48.9 Å². The van der Waals surface area contributed by atoms with Gasteiger partial charge in [0.2, 0.25) is 0 Å². The van der Waals surface area contributed by atoms with Crippen LogP contribution in [-0.2, 0) is 16.2 Å². The van der Waals surface area contributed by atoms with Crippen molar-refractivity contribution >= 4 is 46.4 Å². The maximum absolute atomic E-state index is 12.1. The van der Waals surface area contributed by atoms with E-state index < -0.39 is 11.8 Å². The number of hydrogen-bond acceptors (Lipinski definition) is 5. The number of anilines is 1. The van der Waals surface area contributed by atoms with Crippen LogP contribution in [0.15, 0.2) is 71.8 Å². The quantitative estimate of drug-likeness (QED) is 0.278. The summed E-state index contributed by atoms with van der Waals surface area (Å²) >= 11 is 11.8. The largest absolute Gasteiger partial charge is 0.493 e. The number of carbonyl (C=O) groups is 2. The predicted octanol–water partition coefficient (Wildman–Crippen LogP) is 5.06. The molecule has 0 radical (unpaired) electrons. The molecule has 3 rings (SSSR count). The number of rotatable bonds is 7. The first-order chi connectivity index (χ1) is 15.9. The molecule has 0 saturated heterocycles. The van der Waals surface area contributed by atoms with Crippen molar-refractivity contribution in [2.24, 2.45) is 5.10 Å². The topological polar surface area (TPSA) is 89.0 Å². The molecule has 33 heavy (non-hydrogen) atoms. The van der Waals surface area contributed by atoms with Crippen LogP contribution in [0, 0.1) is 0 Å². The minimum absolute atomic E-state index is 0.296. The molecule has 0 heterocycles. The van der Waals surface area contributed by atoms with E-state index in [0.717, 1.165) is 5.56 Å². The van der Waals surface area contributed by atoms with Crippen molar-refractivity contribution in [2.45, 2.75) is 13.5 Å². The first-order valence-corrected chi connectivity index (χ1v) is 10.6. The lowest BCUT2D eigenvalue weighted by atomic mass is 10.1. The van der Waals surface area contributed by atoms with Crippen molar-refractivity contribution in [3.05, 3.63) is 87.9 Å². The summed E-state index contributed by atoms with van der Waals surface area (Å²) in [7, 11) is 1.54. The van der Waals surface area contributed by atoms with Gasteiger partial charge in [0.25, 0.3) is 0 Å². The number of hydrogen-bond donors (Lipinski definition) is 2. The van der Waals surface area contributed by atoms with Crippen molar-refractivity contribution in [3.8, 4) is 11.5 Å². The Balaban J connectivity index is 1.63. The molecule has 7 nitrogen and oxygen atoms in total. The number of nitrogens with one attached hydrogen (secondary N) is 2. The average molecular weight is 486 g/mol. The number of hydrazone groups is 1. The van der Waals surface area contributed by atoms with Crippen molar-refractivity contribution in [2.75, 3.05) is 12.4 Å². The van der Waals surface area contributed by atoms with E-state index in [9.17, 15) is 9.59 Å². The number of methoxy groups -OCH3 is 1. The molecule has 0 bridgehead atoms. The van der Waals surface area contributed by atoms with Gasteiger partial charge in [-0.25, -0.2) is 5.43 Å². The van der Waals surface area contributed by atoms with E-state index in [1.54, 1.807) is 25.1 Å². The Labute approximate surface area is 201 Å². The van der Waals surface area contributed by atoms with Crippen molar-refractivity contribution in [3.63, 3.8) is 0 Å². The normalized spacial score (nSPS) is 11.0. The molecule has 0 unspecified atom stereocenters. The second-order valence-corrected chi connectivity index (χ2v) is 7.76. The van der Waals surface area contributed by atoms with Crippen LogP contribution >= 0.6 is 23.2 Å². The van der Waals surface area contributed by atoms with Gasteiger partial charge in [-0.3, -0.25) is 9.59 Å². The van der Waals surface area contributed by atoms with E-state index in [4.69, 9.17) is 32.7 Å². The lowest BCUT2D eigenvalue weighted by molar-refractivity contribution is -0.136. The van der Waals surface area contributed by atoms with Gasteiger partial charge < -0.3 is 14.8 Å². The highest BCUT2D eigenvalue weighted by atomic mass is 35.5. The summed E-state index contributed by atoms with van der Waals surface area (Å²) in [5.41, 5.74) is 4.70. The second kappa shape index (κ2) is 11.4. The Kier molecular flexibility index (Phi) is 8.29. The molecular weight excluding hydrogens is 465 g/mol. The van der Waals surface area contributed by atoms with Gasteiger partial charge >= 0.3 is 11.8 Å². The zero-order valence-corrected chi connectivity index (χ0v) is 19.4. The third-order valence-electron chi connectivity index (χ3n) is 4.47. The van der Waals surface area contributed by atoms with Crippen LogP contribution in [0.2, 0.25) is 10.0 Å². The highest BCUT2D eigenvalue weighted by Gasteiger charge is 2.14. The van der Waals surface area contributed by atoms with Crippen molar-refractivity contribution in [1.82, 2.24) is 5.43 Å². The van der Waals surface area contributed by atoms with Crippen LogP contribution in [0.5, 0.6) is 11.5 Å². The van der Waals surface area contributed by atoms with Crippen molar-refractivity contribution < 1.29 is 19.1 Å². The lowest BCUT2D eigenvalue weighted by Crippen LogP contribution is -2.32. The van der Waals surface area contributed by atoms with Gasteiger partial charge in [0, 0.05) is 21.3 Å². The maximum atomic E-state index is 12.1. The van der Waals surface area contributed by atoms with Gasteiger partial charge in [-0.15, -0.1) is 0 Å². The van der Waals surface area contributed by atoms with E-state index in [-0.39, 0.29) is 0 Å². The predicted molar refractivity (Wildman–Crippen MR) is 129 cm³/mol. The summed E-state index contributed by atoms with van der Waals surface area (Å²) < 4.78 is 11.3. The Morgan fingerprint density at radius 3 is 2.27 bits per heavy atom. The van der Waals surface area contributed by atoms with Gasteiger partial charge in [0.05, 0.1) is 12.8 Å². The number of ether oxygens (including phenoxy) is 2. The molecule has 0 aromatic heterocycles. The highest BCUT2D eigenvalue weighted by Crippen LogP contribution is 2.29. The second-order valence-electron chi connectivity index (χ2n) is 6.89. The number of carbonyl (C=O) groups excluding carboxylic acids is 2. The number of benzene rings is 3. The molecule has 0 aliphatic rings. The maximum Gasteiger partial charge on any atom is 0.329 e. The molecule has 2 N–H and O–H groups in total. The fraction of sp³-hybridized carbons (Fsp3) is 0.125. The monoisotopic (exact) mass is 485 g/mol. The van der Waals surface area contributed by atoms with Crippen LogP contribution in [0.3, 0.4) is 0 Å². The smallest absolute Gasteiger partial charge is 0.329 e. The third-order valence-corrected chi connectivity index (χ3v) is 4.91. The fourth-order valence-electron chi connectivity index (χ4n) is 2.81. The standard InChI is InChI=1S/C24H21Cl2N3O4/c1-15(28-29-24(31)23(30)27-20-12-18(25)11-19(26)13-20)17-8-9-21(22(10-17)32-2)33-14-16-6-4-3-5-7-16/h3-13H,14H2,1-2H3,(H,27,30)(H,29,31)/b28-15+. The van der Waals surface area contributed by atoms with Gasteiger partial charge in [-0.2, -0.15) is 5.10 Å². The van der Waals surface area contributed by atoms with Gasteiger partial charge in [0.1, 0.15) is 6.61 Å². The summed E-state index contributed by atoms with van der Waals surface area (Å²) in [6, 6.07) is 19.5. The number of halogens is 2. The molecule has 0 aliphatic heterocycles. The number of amides is 2. The van der Waals surface area contributed by atoms with Gasteiger partial charge in [0.15, 0.2) is 11.5 Å². The fourth-order valence-corrected chi connectivity index (χ4v) is 3.34. The Morgan fingerprint density at radius 2 is 1.61 bits per heavy atom. The molecule has 0 atom stereocenters. The molecular formula is C24H21Cl2N3O4. The summed E-state index contributed by atoms with van der Waals surface area (Å²) in [5.74, 6) is -0.770. The summed E-state index contributed by atoms with van der Waals surface area (Å²) in [5, 5.41) is 7.07. The minimum Gasteiger partial charge on any atom is -0.493 e. The highest BCUT2D eigenvalue weighted by molar-refractivity contribution is 6.40. The van der Waals surface area contributed by atoms with Crippen LogP contribution < -0.4 is 20.2 Å². The van der Waals surface area contributed by atoms with E-state index in [1.807, 2.05) is 30.3 Å². The van der Waals surface area contributed by atoms with Crippen LogP contribution in [0.25, 0.3) is 0 Å². The van der Waals surface area contributed by atoms with E-state index in [2.05, 4.69) is 15.8 Å². The summed E-state index contributed by atoms with van der Waals surface area (Å²) in [6.07, 6.45) is 0. The van der Waals surface area contributed by atoms with Crippen LogP contribution in [0.4, 0.5) is 5.69 Å². The number of nitrogens with zero attached hydrogens (tertiary/aromatic N) is 1. The molecule has 2 amide bonds. The van der Waals surface area contributed by atoms with E-state index in [1.165, 1.54) is 25.3 Å². The SMILES string of the molecule is COc1cc(/C(C)=N/NC(=O)C(=O)Nc2cc(Cl)cc(Cl)c2)ccc1OCc1ccccc1. The van der Waals surface area contributed by atoms with Crippen LogP contribution in [0.1, 0.15) is 18.1 Å². The Hall–Kier alpha value is -3.55. The molecule has 0 fully saturated rings. The first-order valence-electron chi connectivity index (χ1n) is 9.82. The first kappa shape index (κ1) is 24.1. The molecule has 0 spiro atoms. The Morgan fingerprint density at radius 1 is 0.909 bits per heavy atom. The average Bonchev–Trinajstić information content (AvgIpc) is 2.80. The summed E-state index contributed by atoms with van der Waals surface area (Å²) in [4.78, 5) is 24.2. The molecule has 9 heteroatoms. The molecule has 0 aliphatic carbocycles. The molecule has 3 aromatic rings. The third kappa shape index (κ3) is 6.97. The van der Waals surface area contributed by atoms with Crippen LogP contribution in [-0.4, -0.2) is 24.6 Å². The zero-order chi connectivity index (χ0) is 23.8. The van der Waals surface area contributed by atoms with E-state index in [0.29, 0.717) is 45.1 Å². The summed E-state index contributed by atoms with van der Waals surface area (Å²) in [6.45, 7) is 2.08. The molecule has 0 saturated carbocycles. The Bertz CT molecular complexity index is 1160. The minimum atomic E-state index is -0.944. The van der Waals surface area contributed by atoms with Gasteiger partial charge in [-0.1, -0.05) is 53.5 Å². The molecule has 170 valence electrons. The zero-order valence-electron chi connectivity index (χ0n) is 17.9. The molecule has 3 aromatic carbocycles. The van der Waals surface area contributed by atoms with E-state index >= 15 is 0 Å². The lowest BCUT2D eigenvalue weighted by Gasteiger charge is -2.12. The van der Waals surface area contributed by atoms with Crippen molar-refractivity contribution in [1.29, 1.82) is 0 Å².